The zero-order chi connectivity index (χ0) is 22.1. The maximum atomic E-state index is 11.2. The largest absolute Gasteiger partial charge is 0.609 e. The molecule has 1 aromatic carbocycles. The Morgan fingerprint density at radius 2 is 2.03 bits per heavy atom. The Kier molecular flexibility index (Phi) is 10.4. The summed E-state index contributed by atoms with van der Waals surface area (Å²) in [7, 11) is 1.60. The van der Waals surface area contributed by atoms with E-state index in [1.807, 2.05) is 24.3 Å². The molecule has 9 heteroatoms. The molecule has 0 saturated carbocycles. The number of pyridine rings is 1. The predicted molar refractivity (Wildman–Crippen MR) is 121 cm³/mol. The Morgan fingerprint density at radius 3 is 2.70 bits per heavy atom. The molecule has 0 aliphatic rings. The predicted octanol–water partition coefficient (Wildman–Crippen LogP) is 2.69. The molecule has 1 N–H and O–H groups in total. The minimum Gasteiger partial charge on any atom is -0.609 e. The van der Waals surface area contributed by atoms with Crippen molar-refractivity contribution in [3.63, 3.8) is 0 Å². The second kappa shape index (κ2) is 12.5. The van der Waals surface area contributed by atoms with E-state index in [1.54, 1.807) is 19.6 Å². The molecular formula is C21H28N3NaO4S. The van der Waals surface area contributed by atoms with E-state index < -0.39 is 11.2 Å². The minimum atomic E-state index is -1.08. The molecular weight excluding hydrogens is 413 g/mol. The first-order chi connectivity index (χ1) is 14.3. The minimum absolute atomic E-state index is 0.316. The molecule has 3 aromatic rings. The van der Waals surface area contributed by atoms with Crippen LogP contribution in [0.3, 0.4) is 0 Å². The number of aromatic nitrogens is 3. The Labute approximate surface area is 198 Å². The summed E-state index contributed by atoms with van der Waals surface area (Å²) in [4.78, 5) is 11.4. The van der Waals surface area contributed by atoms with E-state index in [-0.39, 0.29) is 0 Å². The van der Waals surface area contributed by atoms with Gasteiger partial charge in [0.15, 0.2) is 0 Å². The molecule has 0 aliphatic carbocycles. The number of ether oxygens (including phenoxy) is 3. The molecule has 7 nitrogen and oxygen atoms in total. The van der Waals surface area contributed by atoms with Gasteiger partial charge in [0.1, 0.15) is 12.0 Å². The van der Waals surface area contributed by atoms with Crippen LogP contribution in [0.4, 0.5) is 0 Å². The number of aromatic amines is 1. The van der Waals surface area contributed by atoms with Crippen molar-refractivity contribution in [1.82, 2.24) is 15.0 Å². The maximum Gasteiger partial charge on any atom is 0.321 e. The number of methoxy groups -OCH3 is 1. The van der Waals surface area contributed by atoms with E-state index in [4.69, 9.17) is 14.2 Å². The number of benzene rings is 1. The summed E-state index contributed by atoms with van der Waals surface area (Å²) in [5, 5.41) is 0.494. The molecule has 0 aliphatic heterocycles. The maximum absolute atomic E-state index is 11.2. The Morgan fingerprint density at radius 1 is 1.27 bits per heavy atom. The summed E-state index contributed by atoms with van der Waals surface area (Å²) in [6.07, 6.45) is 4.75. The topological polar surface area (TPSA) is 92.3 Å². The van der Waals surface area contributed by atoms with Crippen molar-refractivity contribution in [2.24, 2.45) is 0 Å². The van der Waals surface area contributed by atoms with Crippen LogP contribution >= 0.6 is 0 Å². The van der Waals surface area contributed by atoms with Gasteiger partial charge < -0.3 is 9.29 Å². The van der Waals surface area contributed by atoms with Crippen molar-refractivity contribution in [3.8, 4) is 11.5 Å². The SMILES string of the molecule is CCC(C)OCCOc1ccn[c]([Na])c1C.COc1ccc2[nH]c([S+](C)[O-])nc2c1. The van der Waals surface area contributed by atoms with Crippen molar-refractivity contribution in [1.29, 1.82) is 0 Å². The van der Waals surface area contributed by atoms with E-state index in [9.17, 15) is 4.55 Å². The van der Waals surface area contributed by atoms with Crippen LogP contribution in [-0.4, -0.2) is 80.1 Å². The van der Waals surface area contributed by atoms with Gasteiger partial charge in [-0.1, -0.05) is 0 Å². The molecule has 158 valence electrons. The Hall–Kier alpha value is -1.29. The number of nitrogens with zero attached hydrogens (tertiary/aromatic N) is 2. The fourth-order valence-corrected chi connectivity index (χ4v) is 3.39. The van der Waals surface area contributed by atoms with Crippen LogP contribution in [0.5, 0.6) is 11.5 Å². The molecule has 2 atom stereocenters. The van der Waals surface area contributed by atoms with Crippen molar-refractivity contribution < 1.29 is 18.8 Å². The fraction of sp³-hybridized carbons (Fsp3) is 0.429. The first-order valence-electron chi connectivity index (χ1n) is 9.89. The fourth-order valence-electron chi connectivity index (χ4n) is 2.52. The standard InChI is InChI=1S/C12H18NO2.C9H10N2O2S.Na/c1-4-11(3)14-7-8-15-12-5-6-13-9-10(12)2;1-13-6-3-4-7-8(5-6)11-9(10-7)14(2)12;/h5-6,11H,4,7-8H2,1-3H3;3-5H,1-2H3,(H,10,11);. The number of fused-ring (bicyclic) bond motifs is 1. The van der Waals surface area contributed by atoms with Crippen molar-refractivity contribution in [2.75, 3.05) is 26.6 Å². The average Bonchev–Trinajstić information content (AvgIpc) is 3.18. The van der Waals surface area contributed by atoms with Crippen LogP contribution in [-0.2, 0) is 15.9 Å². The van der Waals surface area contributed by atoms with E-state index in [0.717, 1.165) is 65.4 Å². The van der Waals surface area contributed by atoms with Crippen LogP contribution in [0, 0.1) is 6.92 Å². The Balaban J connectivity index is 0.000000215. The summed E-state index contributed by atoms with van der Waals surface area (Å²) < 4.78 is 28.6. The molecule has 0 fully saturated rings. The number of H-pyrrole nitrogens is 1. The third-order valence-corrected chi connectivity index (χ3v) is 6.41. The molecule has 2 unspecified atom stereocenters. The van der Waals surface area contributed by atoms with Gasteiger partial charge in [-0.2, -0.15) is 4.98 Å². The summed E-state index contributed by atoms with van der Waals surface area (Å²) in [6, 6.07) is 7.42. The second-order valence-corrected chi connectivity index (χ2v) is 9.08. The molecule has 0 spiro atoms. The van der Waals surface area contributed by atoms with E-state index >= 15 is 0 Å². The third kappa shape index (κ3) is 7.44. The van der Waals surface area contributed by atoms with Gasteiger partial charge in [-0.15, -0.1) is 0 Å². The first-order valence-corrected chi connectivity index (χ1v) is 12.4. The van der Waals surface area contributed by atoms with E-state index in [1.165, 1.54) is 0 Å². The Bertz CT molecular complexity index is 936. The van der Waals surface area contributed by atoms with Crippen LogP contribution in [0.15, 0.2) is 35.6 Å². The summed E-state index contributed by atoms with van der Waals surface area (Å²) >= 11 is -0.118. The molecule has 0 radical (unpaired) electrons. The van der Waals surface area contributed by atoms with Crippen LogP contribution in [0.1, 0.15) is 25.8 Å². The monoisotopic (exact) mass is 441 g/mol. The summed E-state index contributed by atoms with van der Waals surface area (Å²) in [5.74, 6) is 1.69. The van der Waals surface area contributed by atoms with Gasteiger partial charge in [0.25, 0.3) is 0 Å². The molecule has 30 heavy (non-hydrogen) atoms. The average molecular weight is 442 g/mol. The molecule has 0 saturated heterocycles. The van der Waals surface area contributed by atoms with E-state index in [2.05, 4.69) is 35.7 Å². The molecule has 3 rings (SSSR count). The molecule has 0 amide bonds. The van der Waals surface area contributed by atoms with Gasteiger partial charge in [-0.25, -0.2) is 0 Å². The zero-order valence-corrected chi connectivity index (χ0v) is 21.3. The van der Waals surface area contributed by atoms with Gasteiger partial charge in [0, 0.05) is 17.2 Å². The number of imidazole rings is 1. The summed E-state index contributed by atoms with van der Waals surface area (Å²) in [6.45, 7) is 7.50. The van der Waals surface area contributed by atoms with Crippen molar-refractivity contribution in [2.45, 2.75) is 38.5 Å². The van der Waals surface area contributed by atoms with Gasteiger partial charge in [0.2, 0.25) is 0 Å². The normalized spacial score (nSPS) is 12.8. The number of rotatable bonds is 8. The quantitative estimate of drug-likeness (QED) is 0.328. The molecule has 2 aromatic heterocycles. The van der Waals surface area contributed by atoms with Crippen LogP contribution in [0.25, 0.3) is 11.0 Å². The van der Waals surface area contributed by atoms with Gasteiger partial charge in [0.05, 0.1) is 18.1 Å². The van der Waals surface area contributed by atoms with Crippen LogP contribution < -0.4 is 12.4 Å². The van der Waals surface area contributed by atoms with Crippen LogP contribution in [0.2, 0.25) is 0 Å². The zero-order valence-electron chi connectivity index (χ0n) is 18.5. The van der Waals surface area contributed by atoms with Gasteiger partial charge in [-0.3, -0.25) is 4.98 Å². The van der Waals surface area contributed by atoms with E-state index in [0.29, 0.717) is 24.5 Å². The third-order valence-electron chi connectivity index (χ3n) is 4.67. The van der Waals surface area contributed by atoms with Crippen molar-refractivity contribution >= 4 is 53.1 Å². The summed E-state index contributed by atoms with van der Waals surface area (Å²) in [5.41, 5.74) is 2.81. The number of nitrogens with one attached hydrogen (secondary N) is 1. The smallest absolute Gasteiger partial charge is 0.321 e. The molecule has 0 bridgehead atoms. The van der Waals surface area contributed by atoms with Gasteiger partial charge in [-0.05, 0) is 12.1 Å². The molecule has 2 heterocycles. The van der Waals surface area contributed by atoms with Gasteiger partial charge >= 0.3 is 121 Å². The number of hydrogen-bond acceptors (Lipinski definition) is 6. The number of hydrogen-bond donors (Lipinski definition) is 1. The van der Waals surface area contributed by atoms with Crippen molar-refractivity contribution in [3.05, 3.63) is 36.0 Å². The second-order valence-electron chi connectivity index (χ2n) is 6.84. The first kappa shape index (κ1) is 25.0.